The summed E-state index contributed by atoms with van der Waals surface area (Å²) in [6.45, 7) is 0.550. The molecule has 8 heteroatoms. The maximum Gasteiger partial charge on any atom is 0.269 e. The predicted octanol–water partition coefficient (Wildman–Crippen LogP) is 6.52. The lowest BCUT2D eigenvalue weighted by Gasteiger charge is -2.33. The number of non-ortho nitro benzene ring substituents is 1. The van der Waals surface area contributed by atoms with Crippen LogP contribution in [0.4, 0.5) is 5.69 Å². The smallest absolute Gasteiger partial charge is 0.269 e. The second-order valence-electron chi connectivity index (χ2n) is 8.94. The largest absolute Gasteiger partial charge is 0.457 e. The summed E-state index contributed by atoms with van der Waals surface area (Å²) >= 11 is 0. The highest BCUT2D eigenvalue weighted by atomic mass is 32.2. The second-order valence-corrected chi connectivity index (χ2v) is 10.8. The monoisotopic (exact) mass is 482 g/mol. The van der Waals surface area contributed by atoms with Crippen LogP contribution in [0.2, 0.25) is 0 Å². The number of benzene rings is 3. The zero-order chi connectivity index (χ0) is 23.0. The van der Waals surface area contributed by atoms with Crippen molar-refractivity contribution in [3.63, 3.8) is 0 Å². The molecule has 5 rings (SSSR count). The summed E-state index contributed by atoms with van der Waals surface area (Å²) < 4.78 is 35.4. The number of nitro benzene ring substituents is 1. The first-order valence-corrected chi connectivity index (χ1v) is 12.8. The van der Waals surface area contributed by atoms with Gasteiger partial charge in [-0.2, -0.15) is 4.31 Å². The number of hydrogen-bond acceptors (Lipinski definition) is 5. The zero-order valence-corrected chi connectivity index (χ0v) is 19.0. The first-order chi connectivity index (χ1) is 15.9. The molecule has 0 radical (unpaired) electrons. The third kappa shape index (κ3) is 4.65. The SMILES string of the molecule is C.O=[N+]([O-])c1ccc(Oc2cc(S(=O)(=O)N3CCCC4CCCC3C4)cc3ccccc23)cc1. The Morgan fingerprint density at radius 2 is 1.71 bits per heavy atom. The summed E-state index contributed by atoms with van der Waals surface area (Å²) in [6, 6.07) is 16.6. The molecule has 0 aromatic heterocycles. The van der Waals surface area contributed by atoms with Crippen molar-refractivity contribution >= 4 is 26.5 Å². The van der Waals surface area contributed by atoms with Gasteiger partial charge in [0.15, 0.2) is 0 Å². The molecule has 2 bridgehead atoms. The van der Waals surface area contributed by atoms with E-state index in [1.165, 1.54) is 30.7 Å². The van der Waals surface area contributed by atoms with Crippen LogP contribution in [0.5, 0.6) is 11.5 Å². The van der Waals surface area contributed by atoms with Crippen molar-refractivity contribution in [1.82, 2.24) is 4.31 Å². The van der Waals surface area contributed by atoms with Crippen LogP contribution >= 0.6 is 0 Å². The number of nitro groups is 1. The van der Waals surface area contributed by atoms with E-state index in [1.54, 1.807) is 16.4 Å². The fourth-order valence-electron chi connectivity index (χ4n) is 5.20. The molecule has 1 saturated heterocycles. The quantitative estimate of drug-likeness (QED) is 0.305. The molecular weight excluding hydrogens is 452 g/mol. The van der Waals surface area contributed by atoms with Gasteiger partial charge in [0.25, 0.3) is 5.69 Å². The number of ether oxygens (including phenoxy) is 1. The zero-order valence-electron chi connectivity index (χ0n) is 18.2. The van der Waals surface area contributed by atoms with E-state index in [1.807, 2.05) is 24.3 Å². The second kappa shape index (κ2) is 9.72. The molecule has 1 aliphatic heterocycles. The summed E-state index contributed by atoms with van der Waals surface area (Å²) in [5.74, 6) is 1.45. The molecule has 2 aliphatic rings. The van der Waals surface area contributed by atoms with E-state index < -0.39 is 14.9 Å². The topological polar surface area (TPSA) is 89.7 Å². The van der Waals surface area contributed by atoms with Gasteiger partial charge in [-0.15, -0.1) is 0 Å². The van der Waals surface area contributed by atoms with Crippen LogP contribution < -0.4 is 4.74 Å². The maximum atomic E-state index is 13.8. The Hall–Kier alpha value is -2.97. The van der Waals surface area contributed by atoms with Crippen molar-refractivity contribution in [2.75, 3.05) is 6.54 Å². The van der Waals surface area contributed by atoms with Crippen molar-refractivity contribution in [2.45, 2.75) is 56.9 Å². The van der Waals surface area contributed by atoms with Gasteiger partial charge in [0.2, 0.25) is 10.0 Å². The number of fused-ring (bicyclic) bond motifs is 3. The lowest BCUT2D eigenvalue weighted by molar-refractivity contribution is -0.384. The van der Waals surface area contributed by atoms with Gasteiger partial charge in [0.1, 0.15) is 11.5 Å². The highest BCUT2D eigenvalue weighted by Gasteiger charge is 2.37. The Balaban J connectivity index is 0.00000274. The van der Waals surface area contributed by atoms with Gasteiger partial charge in [-0.05, 0) is 55.2 Å². The summed E-state index contributed by atoms with van der Waals surface area (Å²) in [7, 11) is -3.70. The first kappa shape index (κ1) is 24.2. The number of sulfonamides is 1. The highest BCUT2D eigenvalue weighted by molar-refractivity contribution is 7.89. The average Bonchev–Trinajstić information content (AvgIpc) is 2.96. The molecule has 3 aromatic carbocycles. The van der Waals surface area contributed by atoms with Gasteiger partial charge < -0.3 is 4.74 Å². The van der Waals surface area contributed by atoms with Gasteiger partial charge in [0.05, 0.1) is 9.82 Å². The van der Waals surface area contributed by atoms with E-state index >= 15 is 0 Å². The Bertz CT molecular complexity index is 1290. The summed E-state index contributed by atoms with van der Waals surface area (Å²) in [5.41, 5.74) is -0.0320. The molecule has 34 heavy (non-hydrogen) atoms. The van der Waals surface area contributed by atoms with E-state index in [9.17, 15) is 18.5 Å². The van der Waals surface area contributed by atoms with Crippen LogP contribution in [0.3, 0.4) is 0 Å². The lowest BCUT2D eigenvalue weighted by atomic mass is 9.84. The van der Waals surface area contributed by atoms with E-state index in [-0.39, 0.29) is 24.1 Å². The fourth-order valence-corrected chi connectivity index (χ4v) is 6.96. The van der Waals surface area contributed by atoms with Crippen molar-refractivity contribution < 1.29 is 18.1 Å². The molecule has 3 aromatic rings. The molecule has 0 spiro atoms. The minimum Gasteiger partial charge on any atom is -0.457 e. The number of rotatable bonds is 5. The Labute approximate surface area is 200 Å². The van der Waals surface area contributed by atoms with Crippen LogP contribution in [-0.2, 0) is 10.0 Å². The van der Waals surface area contributed by atoms with E-state index in [2.05, 4.69) is 0 Å². The van der Waals surface area contributed by atoms with E-state index in [0.29, 0.717) is 24.0 Å². The molecule has 2 atom stereocenters. The van der Waals surface area contributed by atoms with Crippen LogP contribution in [-0.4, -0.2) is 30.2 Å². The Morgan fingerprint density at radius 1 is 0.971 bits per heavy atom. The van der Waals surface area contributed by atoms with Crippen molar-refractivity contribution in [3.8, 4) is 11.5 Å². The third-order valence-corrected chi connectivity index (χ3v) is 8.76. The lowest BCUT2D eigenvalue weighted by Crippen LogP contribution is -2.41. The van der Waals surface area contributed by atoms with Crippen LogP contribution in [0, 0.1) is 16.0 Å². The minimum atomic E-state index is -3.70. The molecule has 1 aliphatic carbocycles. The van der Waals surface area contributed by atoms with Crippen LogP contribution in [0.25, 0.3) is 10.8 Å². The average molecular weight is 483 g/mol. The van der Waals surface area contributed by atoms with E-state index in [0.717, 1.165) is 42.9 Å². The first-order valence-electron chi connectivity index (χ1n) is 11.4. The minimum absolute atomic E-state index is 0. The molecule has 2 unspecified atom stereocenters. The Kier molecular flexibility index (Phi) is 6.91. The molecule has 1 heterocycles. The van der Waals surface area contributed by atoms with Crippen molar-refractivity contribution in [3.05, 3.63) is 70.8 Å². The Morgan fingerprint density at radius 3 is 2.47 bits per heavy atom. The van der Waals surface area contributed by atoms with Gasteiger partial charge >= 0.3 is 0 Å². The van der Waals surface area contributed by atoms with Crippen LogP contribution in [0.1, 0.15) is 46.0 Å². The maximum absolute atomic E-state index is 13.8. The molecule has 0 N–H and O–H groups in total. The molecule has 180 valence electrons. The summed E-state index contributed by atoms with van der Waals surface area (Å²) in [6.07, 6.45) is 6.12. The van der Waals surface area contributed by atoms with Gasteiger partial charge in [-0.1, -0.05) is 44.5 Å². The predicted molar refractivity (Wildman–Crippen MR) is 133 cm³/mol. The highest BCUT2D eigenvalue weighted by Crippen LogP contribution is 2.39. The summed E-state index contributed by atoms with van der Waals surface area (Å²) in [4.78, 5) is 10.7. The van der Waals surface area contributed by atoms with Gasteiger partial charge in [0, 0.05) is 36.2 Å². The number of hydrogen-bond donors (Lipinski definition) is 0. The van der Waals surface area contributed by atoms with Crippen molar-refractivity contribution in [1.29, 1.82) is 0 Å². The standard InChI is InChI=1S/C25H26N2O5S.CH4/c28-27(29)20-10-12-22(13-11-20)32-25-17-23(16-19-7-1-2-9-24(19)25)33(30,31)26-14-4-6-18-5-3-8-21(26)15-18;/h1-2,7,9-13,16-18,21H,3-6,8,14-15H2;1H4. The molecule has 7 nitrogen and oxygen atoms in total. The van der Waals surface area contributed by atoms with Crippen molar-refractivity contribution in [2.24, 2.45) is 5.92 Å². The molecule has 0 amide bonds. The van der Waals surface area contributed by atoms with Gasteiger partial charge in [-0.25, -0.2) is 8.42 Å². The molecular formula is C26H30N2O5S. The molecule has 1 saturated carbocycles. The van der Waals surface area contributed by atoms with Crippen LogP contribution in [0.15, 0.2) is 65.6 Å². The third-order valence-electron chi connectivity index (χ3n) is 6.83. The summed E-state index contributed by atoms with van der Waals surface area (Å²) in [5, 5.41) is 12.5. The van der Waals surface area contributed by atoms with E-state index in [4.69, 9.17) is 4.74 Å². The number of nitrogens with zero attached hydrogens (tertiary/aromatic N) is 2. The van der Waals surface area contributed by atoms with Gasteiger partial charge in [-0.3, -0.25) is 10.1 Å². The fraction of sp³-hybridized carbons (Fsp3) is 0.385. The molecule has 2 fully saturated rings. The normalized spacial score (nSPS) is 20.8.